The number of carbonyl (C=O) groups is 2. The summed E-state index contributed by atoms with van der Waals surface area (Å²) in [5.74, 6) is -0.689. The van der Waals surface area contributed by atoms with Gasteiger partial charge in [-0.05, 0) is 37.3 Å². The quantitative estimate of drug-likeness (QED) is 0.743. The first-order chi connectivity index (χ1) is 10.6. The summed E-state index contributed by atoms with van der Waals surface area (Å²) < 4.78 is 5.66. The molecule has 0 spiro atoms. The Hall–Kier alpha value is -2.25. The van der Waals surface area contributed by atoms with Gasteiger partial charge in [0.1, 0.15) is 4.88 Å². The average molecular weight is 332 g/mol. The van der Waals surface area contributed by atoms with E-state index in [-0.39, 0.29) is 5.91 Å². The number of fused-ring (bicyclic) bond motifs is 1. The van der Waals surface area contributed by atoms with Crippen molar-refractivity contribution >= 4 is 50.5 Å². The maximum absolute atomic E-state index is 12.2. The number of hydrogen-bond acceptors (Lipinski definition) is 6. The van der Waals surface area contributed by atoms with Gasteiger partial charge in [0.2, 0.25) is 0 Å². The number of aryl methyl sites for hydroxylation is 1. The largest absolute Gasteiger partial charge is 0.465 e. The Bertz CT molecular complexity index is 867. The third-order valence-corrected chi connectivity index (χ3v) is 4.97. The highest BCUT2D eigenvalue weighted by atomic mass is 32.1. The molecule has 0 aliphatic rings. The maximum atomic E-state index is 12.2. The number of thiophene rings is 1. The van der Waals surface area contributed by atoms with Crippen molar-refractivity contribution in [2.75, 3.05) is 12.4 Å². The molecular weight excluding hydrogens is 320 g/mol. The van der Waals surface area contributed by atoms with Crippen LogP contribution in [0.3, 0.4) is 0 Å². The molecule has 7 heteroatoms. The van der Waals surface area contributed by atoms with E-state index in [0.717, 1.165) is 26.6 Å². The standard InChI is InChI=1S/C15H12N2O3S2/c1-8-16-10-4-3-9(7-13(10)21-8)17-14(18)11-5-6-12(22-11)15(19)20-2/h3-7H,1-2H3,(H,17,18). The van der Waals surface area contributed by atoms with Crippen molar-refractivity contribution in [2.45, 2.75) is 6.92 Å². The molecule has 22 heavy (non-hydrogen) atoms. The van der Waals surface area contributed by atoms with E-state index in [1.807, 2.05) is 25.1 Å². The fourth-order valence-corrected chi connectivity index (χ4v) is 3.67. The summed E-state index contributed by atoms with van der Waals surface area (Å²) in [4.78, 5) is 28.9. The number of benzene rings is 1. The van der Waals surface area contributed by atoms with Crippen molar-refractivity contribution in [1.29, 1.82) is 0 Å². The normalized spacial score (nSPS) is 10.6. The Kier molecular flexibility index (Phi) is 3.91. The molecule has 0 unspecified atom stereocenters. The van der Waals surface area contributed by atoms with Crippen LogP contribution < -0.4 is 5.32 Å². The van der Waals surface area contributed by atoms with Crippen LogP contribution in [0, 0.1) is 6.92 Å². The molecule has 1 aromatic carbocycles. The van der Waals surface area contributed by atoms with Gasteiger partial charge in [-0.25, -0.2) is 9.78 Å². The number of amides is 1. The number of anilines is 1. The molecule has 5 nitrogen and oxygen atoms in total. The van der Waals surface area contributed by atoms with Gasteiger partial charge in [-0.2, -0.15) is 0 Å². The van der Waals surface area contributed by atoms with Crippen LogP contribution in [0.15, 0.2) is 30.3 Å². The monoisotopic (exact) mass is 332 g/mol. The van der Waals surface area contributed by atoms with Crippen LogP contribution in [-0.2, 0) is 4.74 Å². The Morgan fingerprint density at radius 2 is 1.91 bits per heavy atom. The average Bonchev–Trinajstić information content (AvgIpc) is 3.11. The summed E-state index contributed by atoms with van der Waals surface area (Å²) in [6.07, 6.45) is 0. The summed E-state index contributed by atoms with van der Waals surface area (Å²) in [5, 5.41) is 3.81. The number of carbonyl (C=O) groups excluding carboxylic acids is 2. The molecule has 2 heterocycles. The second kappa shape index (κ2) is 5.86. The van der Waals surface area contributed by atoms with Crippen molar-refractivity contribution in [3.8, 4) is 0 Å². The van der Waals surface area contributed by atoms with Gasteiger partial charge < -0.3 is 10.1 Å². The Balaban J connectivity index is 1.80. The fraction of sp³-hybridized carbons (Fsp3) is 0.133. The molecule has 0 fully saturated rings. The zero-order chi connectivity index (χ0) is 15.7. The van der Waals surface area contributed by atoms with E-state index in [0.29, 0.717) is 15.4 Å². The second-order valence-electron chi connectivity index (χ2n) is 4.52. The molecule has 112 valence electrons. The molecule has 2 aromatic heterocycles. The third-order valence-electron chi connectivity index (χ3n) is 2.97. The van der Waals surface area contributed by atoms with Crippen LogP contribution in [0.4, 0.5) is 5.69 Å². The van der Waals surface area contributed by atoms with Crippen LogP contribution in [0.2, 0.25) is 0 Å². The van der Waals surface area contributed by atoms with Gasteiger partial charge in [0.25, 0.3) is 5.91 Å². The first kappa shape index (κ1) is 14.7. The van der Waals surface area contributed by atoms with Crippen molar-refractivity contribution < 1.29 is 14.3 Å². The number of methoxy groups -OCH3 is 1. The molecule has 3 aromatic rings. The van der Waals surface area contributed by atoms with Crippen LogP contribution in [0.5, 0.6) is 0 Å². The zero-order valence-corrected chi connectivity index (χ0v) is 13.5. The first-order valence-corrected chi connectivity index (χ1v) is 8.07. The van der Waals surface area contributed by atoms with Crippen molar-refractivity contribution in [1.82, 2.24) is 4.98 Å². The van der Waals surface area contributed by atoms with Gasteiger partial charge in [0, 0.05) is 5.69 Å². The fourth-order valence-electron chi connectivity index (χ4n) is 1.98. The third kappa shape index (κ3) is 2.86. The summed E-state index contributed by atoms with van der Waals surface area (Å²) >= 11 is 2.68. The van der Waals surface area contributed by atoms with Gasteiger partial charge in [0.05, 0.1) is 27.2 Å². The lowest BCUT2D eigenvalue weighted by Crippen LogP contribution is -2.09. The summed E-state index contributed by atoms with van der Waals surface area (Å²) in [5.41, 5.74) is 1.62. The Morgan fingerprint density at radius 1 is 1.14 bits per heavy atom. The number of thiazole rings is 1. The molecule has 0 aliphatic carbocycles. The lowest BCUT2D eigenvalue weighted by atomic mass is 10.3. The van der Waals surface area contributed by atoms with Crippen LogP contribution in [0.25, 0.3) is 10.2 Å². The summed E-state index contributed by atoms with van der Waals surface area (Å²) in [6.45, 7) is 1.95. The molecular formula is C15H12N2O3S2. The molecule has 0 saturated heterocycles. The Morgan fingerprint density at radius 3 is 2.68 bits per heavy atom. The maximum Gasteiger partial charge on any atom is 0.348 e. The lowest BCUT2D eigenvalue weighted by molar-refractivity contribution is 0.0606. The number of hydrogen-bond donors (Lipinski definition) is 1. The lowest BCUT2D eigenvalue weighted by Gasteiger charge is -2.03. The molecule has 0 saturated carbocycles. The minimum atomic E-state index is -0.439. The number of rotatable bonds is 3. The Labute approximate surface area is 134 Å². The highest BCUT2D eigenvalue weighted by molar-refractivity contribution is 7.18. The number of nitrogens with zero attached hydrogens (tertiary/aromatic N) is 1. The van der Waals surface area contributed by atoms with Crippen LogP contribution >= 0.6 is 22.7 Å². The first-order valence-electron chi connectivity index (χ1n) is 6.43. The minimum Gasteiger partial charge on any atom is -0.465 e. The second-order valence-corrected chi connectivity index (χ2v) is 6.84. The van der Waals surface area contributed by atoms with Crippen LogP contribution in [-0.4, -0.2) is 24.0 Å². The van der Waals surface area contributed by atoms with Crippen LogP contribution in [0.1, 0.15) is 24.4 Å². The molecule has 0 bridgehead atoms. The van der Waals surface area contributed by atoms with E-state index in [1.54, 1.807) is 23.5 Å². The molecule has 0 atom stereocenters. The van der Waals surface area contributed by atoms with Gasteiger partial charge in [-0.3, -0.25) is 4.79 Å². The van der Waals surface area contributed by atoms with Gasteiger partial charge in [-0.15, -0.1) is 22.7 Å². The van der Waals surface area contributed by atoms with Gasteiger partial charge >= 0.3 is 5.97 Å². The van der Waals surface area contributed by atoms with Crippen molar-refractivity contribution in [3.05, 3.63) is 45.1 Å². The van der Waals surface area contributed by atoms with E-state index in [1.165, 1.54) is 7.11 Å². The van der Waals surface area contributed by atoms with E-state index in [9.17, 15) is 9.59 Å². The number of esters is 1. The predicted molar refractivity (Wildman–Crippen MR) is 88.0 cm³/mol. The molecule has 1 amide bonds. The molecule has 1 N–H and O–H groups in total. The van der Waals surface area contributed by atoms with Crippen molar-refractivity contribution in [2.24, 2.45) is 0 Å². The molecule has 0 radical (unpaired) electrons. The number of nitrogens with one attached hydrogen (secondary N) is 1. The summed E-state index contributed by atoms with van der Waals surface area (Å²) in [7, 11) is 1.31. The SMILES string of the molecule is COC(=O)c1ccc(C(=O)Nc2ccc3nc(C)sc3c2)s1. The molecule has 0 aliphatic heterocycles. The summed E-state index contributed by atoms with van der Waals surface area (Å²) in [6, 6.07) is 8.78. The van der Waals surface area contributed by atoms with E-state index >= 15 is 0 Å². The van der Waals surface area contributed by atoms with E-state index in [2.05, 4.69) is 15.0 Å². The van der Waals surface area contributed by atoms with Crippen molar-refractivity contribution in [3.63, 3.8) is 0 Å². The molecule has 3 rings (SSSR count). The van der Waals surface area contributed by atoms with E-state index in [4.69, 9.17) is 0 Å². The topological polar surface area (TPSA) is 68.3 Å². The van der Waals surface area contributed by atoms with Gasteiger partial charge in [-0.1, -0.05) is 0 Å². The van der Waals surface area contributed by atoms with E-state index < -0.39 is 5.97 Å². The van der Waals surface area contributed by atoms with Gasteiger partial charge in [0.15, 0.2) is 0 Å². The zero-order valence-electron chi connectivity index (χ0n) is 11.9. The number of aromatic nitrogens is 1. The minimum absolute atomic E-state index is 0.249. The number of ether oxygens (including phenoxy) is 1. The predicted octanol–water partition coefficient (Wildman–Crippen LogP) is 3.71. The highest BCUT2D eigenvalue weighted by Crippen LogP contribution is 2.25. The highest BCUT2D eigenvalue weighted by Gasteiger charge is 2.14. The smallest absolute Gasteiger partial charge is 0.348 e.